The van der Waals surface area contributed by atoms with Crippen molar-refractivity contribution in [3.63, 3.8) is 0 Å². The molecular formula is C29H33N3O4S. The van der Waals surface area contributed by atoms with Crippen molar-refractivity contribution in [2.45, 2.75) is 63.4 Å². The average molecular weight is 520 g/mol. The van der Waals surface area contributed by atoms with Gasteiger partial charge in [0, 0.05) is 40.1 Å². The number of rotatable bonds is 8. The number of ether oxygens (including phenoxy) is 1. The van der Waals surface area contributed by atoms with E-state index < -0.39 is 10.0 Å². The van der Waals surface area contributed by atoms with Crippen molar-refractivity contribution in [1.82, 2.24) is 9.29 Å². The number of anilines is 1. The molecule has 1 amide bonds. The molecule has 0 saturated heterocycles. The average Bonchev–Trinajstić information content (AvgIpc) is 3.21. The maximum Gasteiger partial charge on any atom is 0.262 e. The van der Waals surface area contributed by atoms with Gasteiger partial charge in [0.15, 0.2) is 6.61 Å². The zero-order chi connectivity index (χ0) is 26.0. The highest BCUT2D eigenvalue weighted by atomic mass is 32.2. The quantitative estimate of drug-likeness (QED) is 0.310. The maximum atomic E-state index is 12.8. The Morgan fingerprint density at radius 2 is 1.73 bits per heavy atom. The zero-order valence-electron chi connectivity index (χ0n) is 21.3. The van der Waals surface area contributed by atoms with Gasteiger partial charge in [-0.05, 0) is 74.7 Å². The van der Waals surface area contributed by atoms with E-state index >= 15 is 0 Å². The standard InChI is InChI=1S/C29H33N3O4S/c1-3-32-26-12-8-7-11-24(26)25-18-22(13-15-27(25)32)30-29(33)19-36-28-16-14-23(17-20(28)2)37(34,35)31-21-9-5-4-6-10-21/h7-8,11-18,21,31H,3-6,9-10,19H2,1-2H3,(H,30,33). The number of benzene rings is 3. The van der Waals surface area contributed by atoms with Crippen LogP contribution < -0.4 is 14.8 Å². The smallest absolute Gasteiger partial charge is 0.262 e. The number of para-hydroxylation sites is 1. The summed E-state index contributed by atoms with van der Waals surface area (Å²) in [5.41, 5.74) is 3.66. The minimum atomic E-state index is -3.59. The predicted octanol–water partition coefficient (Wildman–Crippen LogP) is 5.75. The van der Waals surface area contributed by atoms with Crippen molar-refractivity contribution in [1.29, 1.82) is 0 Å². The highest BCUT2D eigenvalue weighted by Crippen LogP contribution is 2.31. The number of nitrogens with one attached hydrogen (secondary N) is 2. The monoisotopic (exact) mass is 519 g/mol. The number of amides is 1. The van der Waals surface area contributed by atoms with Gasteiger partial charge in [0.2, 0.25) is 10.0 Å². The van der Waals surface area contributed by atoms with Gasteiger partial charge in [0.1, 0.15) is 5.75 Å². The van der Waals surface area contributed by atoms with Gasteiger partial charge in [0.05, 0.1) is 4.90 Å². The molecule has 1 aliphatic carbocycles. The highest BCUT2D eigenvalue weighted by molar-refractivity contribution is 7.89. The molecule has 1 aromatic heterocycles. The Kier molecular flexibility index (Phi) is 7.22. The number of hydrogen-bond donors (Lipinski definition) is 2. The molecule has 5 rings (SSSR count). The number of aryl methyl sites for hydroxylation is 2. The molecule has 1 aliphatic rings. The fraction of sp³-hybridized carbons (Fsp3) is 0.345. The largest absolute Gasteiger partial charge is 0.483 e. The third kappa shape index (κ3) is 5.36. The van der Waals surface area contributed by atoms with Crippen LogP contribution >= 0.6 is 0 Å². The van der Waals surface area contributed by atoms with E-state index in [-0.39, 0.29) is 23.5 Å². The van der Waals surface area contributed by atoms with Crippen LogP contribution in [0.15, 0.2) is 65.6 Å². The van der Waals surface area contributed by atoms with E-state index in [4.69, 9.17) is 4.74 Å². The summed E-state index contributed by atoms with van der Waals surface area (Å²) < 4.78 is 36.4. The van der Waals surface area contributed by atoms with Gasteiger partial charge in [0.25, 0.3) is 5.91 Å². The summed E-state index contributed by atoms with van der Waals surface area (Å²) >= 11 is 0. The highest BCUT2D eigenvalue weighted by Gasteiger charge is 2.22. The third-order valence-electron chi connectivity index (χ3n) is 7.11. The van der Waals surface area contributed by atoms with Gasteiger partial charge in [-0.25, -0.2) is 13.1 Å². The SMILES string of the molecule is CCn1c2ccccc2c2cc(NC(=O)COc3ccc(S(=O)(=O)NC4CCCCC4)cc3C)ccc21. The van der Waals surface area contributed by atoms with Gasteiger partial charge in [-0.2, -0.15) is 0 Å². The van der Waals surface area contributed by atoms with Crippen LogP contribution in [0.5, 0.6) is 5.75 Å². The Hall–Kier alpha value is -3.36. The molecule has 3 aromatic carbocycles. The molecule has 0 unspecified atom stereocenters. The first kappa shape index (κ1) is 25.3. The van der Waals surface area contributed by atoms with Crippen LogP contribution in [0.2, 0.25) is 0 Å². The molecule has 0 spiro atoms. The van der Waals surface area contributed by atoms with Gasteiger partial charge in [-0.1, -0.05) is 37.5 Å². The van der Waals surface area contributed by atoms with Crippen molar-refractivity contribution in [3.05, 3.63) is 66.2 Å². The van der Waals surface area contributed by atoms with Crippen LogP contribution in [0.4, 0.5) is 5.69 Å². The molecule has 1 heterocycles. The summed E-state index contributed by atoms with van der Waals surface area (Å²) in [6.07, 6.45) is 5.02. The number of hydrogen-bond acceptors (Lipinski definition) is 4. The second kappa shape index (κ2) is 10.6. The molecule has 7 nitrogen and oxygen atoms in total. The summed E-state index contributed by atoms with van der Waals surface area (Å²) in [6, 6.07) is 18.9. The second-order valence-electron chi connectivity index (χ2n) is 9.71. The molecule has 194 valence electrons. The minimum Gasteiger partial charge on any atom is -0.483 e. The minimum absolute atomic E-state index is 0.00331. The first-order valence-corrected chi connectivity index (χ1v) is 14.4. The first-order valence-electron chi connectivity index (χ1n) is 12.9. The Balaban J connectivity index is 1.24. The Bertz CT molecular complexity index is 1550. The number of sulfonamides is 1. The summed E-state index contributed by atoms with van der Waals surface area (Å²) in [5, 5.41) is 5.15. The van der Waals surface area contributed by atoms with E-state index in [9.17, 15) is 13.2 Å². The molecular weight excluding hydrogens is 486 g/mol. The number of carbonyl (C=O) groups is 1. The molecule has 4 aromatic rings. The molecule has 1 fully saturated rings. The maximum absolute atomic E-state index is 12.8. The molecule has 8 heteroatoms. The van der Waals surface area contributed by atoms with Crippen LogP contribution in [0.1, 0.15) is 44.6 Å². The third-order valence-corrected chi connectivity index (χ3v) is 8.63. The summed E-state index contributed by atoms with van der Waals surface area (Å²) in [7, 11) is -3.59. The molecule has 1 saturated carbocycles. The van der Waals surface area contributed by atoms with Crippen LogP contribution in [0, 0.1) is 6.92 Å². The lowest BCUT2D eigenvalue weighted by molar-refractivity contribution is -0.118. The van der Waals surface area contributed by atoms with Crippen LogP contribution in [0.25, 0.3) is 21.8 Å². The fourth-order valence-electron chi connectivity index (χ4n) is 5.27. The number of aromatic nitrogens is 1. The van der Waals surface area contributed by atoms with Crippen molar-refractivity contribution < 1.29 is 17.9 Å². The van der Waals surface area contributed by atoms with Crippen LogP contribution in [-0.2, 0) is 21.4 Å². The van der Waals surface area contributed by atoms with E-state index in [1.165, 1.54) is 11.6 Å². The van der Waals surface area contributed by atoms with Crippen molar-refractivity contribution in [3.8, 4) is 5.75 Å². The molecule has 2 N–H and O–H groups in total. The predicted molar refractivity (Wildman–Crippen MR) is 148 cm³/mol. The lowest BCUT2D eigenvalue weighted by Gasteiger charge is -2.22. The van der Waals surface area contributed by atoms with Crippen molar-refractivity contribution in [2.75, 3.05) is 11.9 Å². The first-order chi connectivity index (χ1) is 17.9. The van der Waals surface area contributed by atoms with Gasteiger partial charge in [-0.3, -0.25) is 4.79 Å². The van der Waals surface area contributed by atoms with Gasteiger partial charge in [-0.15, -0.1) is 0 Å². The normalized spacial score (nSPS) is 14.8. The summed E-state index contributed by atoms with van der Waals surface area (Å²) in [6.45, 7) is 4.59. The number of fused-ring (bicyclic) bond motifs is 3. The van der Waals surface area contributed by atoms with E-state index in [0.717, 1.165) is 54.9 Å². The summed E-state index contributed by atoms with van der Waals surface area (Å²) in [4.78, 5) is 12.9. The van der Waals surface area contributed by atoms with E-state index in [2.05, 4.69) is 33.7 Å². The number of nitrogens with zero attached hydrogens (tertiary/aromatic N) is 1. The lowest BCUT2D eigenvalue weighted by Crippen LogP contribution is -2.36. The molecule has 0 radical (unpaired) electrons. The fourth-order valence-corrected chi connectivity index (χ4v) is 6.66. The topological polar surface area (TPSA) is 89.4 Å². The van der Waals surface area contributed by atoms with E-state index in [1.807, 2.05) is 30.3 Å². The van der Waals surface area contributed by atoms with Crippen molar-refractivity contribution in [2.24, 2.45) is 0 Å². The van der Waals surface area contributed by atoms with E-state index in [1.54, 1.807) is 19.1 Å². The molecule has 0 atom stereocenters. The Labute approximate surface area is 217 Å². The second-order valence-corrected chi connectivity index (χ2v) is 11.4. The lowest BCUT2D eigenvalue weighted by atomic mass is 9.96. The molecule has 37 heavy (non-hydrogen) atoms. The Morgan fingerprint density at radius 3 is 2.49 bits per heavy atom. The number of carbonyl (C=O) groups excluding carboxylic acids is 1. The molecule has 0 aliphatic heterocycles. The van der Waals surface area contributed by atoms with E-state index in [0.29, 0.717) is 17.0 Å². The van der Waals surface area contributed by atoms with Crippen LogP contribution in [0.3, 0.4) is 0 Å². The summed E-state index contributed by atoms with van der Waals surface area (Å²) in [5.74, 6) is 0.196. The van der Waals surface area contributed by atoms with Crippen LogP contribution in [-0.4, -0.2) is 31.5 Å². The van der Waals surface area contributed by atoms with Gasteiger partial charge < -0.3 is 14.6 Å². The molecule has 0 bridgehead atoms. The Morgan fingerprint density at radius 1 is 0.973 bits per heavy atom. The van der Waals surface area contributed by atoms with Crippen molar-refractivity contribution >= 4 is 43.4 Å². The zero-order valence-corrected chi connectivity index (χ0v) is 22.1. The van der Waals surface area contributed by atoms with Gasteiger partial charge >= 0.3 is 0 Å².